The highest BCUT2D eigenvalue weighted by Crippen LogP contribution is 2.38. The van der Waals surface area contributed by atoms with Gasteiger partial charge in [0, 0.05) is 6.07 Å². The number of rotatable bonds is 5. The van der Waals surface area contributed by atoms with E-state index in [1.54, 1.807) is 55.5 Å². The highest BCUT2D eigenvalue weighted by Gasteiger charge is 2.40. The van der Waals surface area contributed by atoms with Crippen LogP contribution in [0, 0.1) is 18.3 Å². The largest absolute Gasteiger partial charge is 0.453 e. The smallest absolute Gasteiger partial charge is 0.449 e. The second-order valence-corrected chi connectivity index (χ2v) is 7.63. The predicted octanol–water partition coefficient (Wildman–Crippen LogP) is 6.43. The van der Waals surface area contributed by atoms with Gasteiger partial charge in [0.25, 0.3) is 5.76 Å². The Morgan fingerprint density at radius 2 is 1.75 bits per heavy atom. The molecule has 0 amide bonds. The molecule has 9 heteroatoms. The van der Waals surface area contributed by atoms with E-state index in [0.29, 0.717) is 5.56 Å². The third-order valence-corrected chi connectivity index (χ3v) is 4.95. The van der Waals surface area contributed by atoms with Crippen molar-refractivity contribution in [1.29, 1.82) is 5.26 Å². The summed E-state index contributed by atoms with van der Waals surface area (Å²) < 4.78 is 56.8. The highest BCUT2D eigenvalue weighted by atomic mass is 19.4. The standard InChI is InChI=1S/C27H16F3NO5/c1-16-6-5-9-19(12-16)34-24-23(32)21-11-10-20(14-22(21)36-25(24)27(28,29)30)35-26(33)18(15-31)13-17-7-3-2-4-8-17/h2-14H,1H3. The van der Waals surface area contributed by atoms with E-state index in [1.165, 1.54) is 24.3 Å². The Kier molecular flexibility index (Phi) is 6.61. The molecule has 36 heavy (non-hydrogen) atoms. The number of hydrogen-bond donors (Lipinski definition) is 0. The number of halogens is 3. The monoisotopic (exact) mass is 491 g/mol. The van der Waals surface area contributed by atoms with Crippen LogP contribution in [0.1, 0.15) is 16.9 Å². The zero-order chi connectivity index (χ0) is 25.9. The molecule has 0 N–H and O–H groups in total. The number of alkyl halides is 3. The summed E-state index contributed by atoms with van der Waals surface area (Å²) in [5, 5.41) is 9.10. The lowest BCUT2D eigenvalue weighted by molar-refractivity contribution is -0.154. The molecule has 0 atom stereocenters. The van der Waals surface area contributed by atoms with E-state index in [9.17, 15) is 28.0 Å². The van der Waals surface area contributed by atoms with Crippen molar-refractivity contribution in [2.75, 3.05) is 0 Å². The van der Waals surface area contributed by atoms with Gasteiger partial charge in [0.2, 0.25) is 11.2 Å². The molecule has 0 aliphatic rings. The Labute approximate surface area is 202 Å². The van der Waals surface area contributed by atoms with Crippen LogP contribution >= 0.6 is 0 Å². The number of carbonyl (C=O) groups is 1. The molecule has 180 valence electrons. The molecule has 0 aliphatic carbocycles. The van der Waals surface area contributed by atoms with E-state index >= 15 is 0 Å². The normalized spacial score (nSPS) is 11.7. The first-order valence-corrected chi connectivity index (χ1v) is 10.5. The van der Waals surface area contributed by atoms with E-state index in [2.05, 4.69) is 0 Å². The summed E-state index contributed by atoms with van der Waals surface area (Å²) in [4.78, 5) is 25.4. The molecule has 0 radical (unpaired) electrons. The Bertz CT molecular complexity index is 1580. The first kappa shape index (κ1) is 24.3. The van der Waals surface area contributed by atoms with Crippen LogP contribution in [-0.2, 0) is 11.0 Å². The quantitative estimate of drug-likeness (QED) is 0.138. The van der Waals surface area contributed by atoms with Gasteiger partial charge >= 0.3 is 12.1 Å². The molecule has 0 unspecified atom stereocenters. The van der Waals surface area contributed by atoms with Crippen molar-refractivity contribution in [3.8, 4) is 23.3 Å². The lowest BCUT2D eigenvalue weighted by Crippen LogP contribution is -2.16. The number of esters is 1. The average molecular weight is 491 g/mol. The molecular weight excluding hydrogens is 475 g/mol. The maximum absolute atomic E-state index is 13.8. The van der Waals surface area contributed by atoms with Gasteiger partial charge in [0.15, 0.2) is 0 Å². The van der Waals surface area contributed by atoms with Crippen molar-refractivity contribution in [2.45, 2.75) is 13.1 Å². The molecular formula is C27H16F3NO5. The molecule has 0 bridgehead atoms. The van der Waals surface area contributed by atoms with Crippen LogP contribution < -0.4 is 14.9 Å². The van der Waals surface area contributed by atoms with Crippen LogP contribution in [0.25, 0.3) is 17.0 Å². The van der Waals surface area contributed by atoms with Crippen LogP contribution in [-0.4, -0.2) is 5.97 Å². The molecule has 4 aromatic rings. The third-order valence-electron chi connectivity index (χ3n) is 4.95. The number of fused-ring (bicyclic) bond motifs is 1. The minimum absolute atomic E-state index is 0.0342. The van der Waals surface area contributed by atoms with E-state index in [0.717, 1.165) is 17.7 Å². The van der Waals surface area contributed by atoms with Crippen LogP contribution in [0.3, 0.4) is 0 Å². The fraction of sp³-hybridized carbons (Fsp3) is 0.0741. The minimum Gasteiger partial charge on any atom is -0.449 e. The molecule has 0 fully saturated rings. The summed E-state index contributed by atoms with van der Waals surface area (Å²) >= 11 is 0. The molecule has 4 rings (SSSR count). The number of ether oxygens (including phenoxy) is 2. The van der Waals surface area contributed by atoms with Crippen molar-refractivity contribution in [3.63, 3.8) is 0 Å². The van der Waals surface area contributed by atoms with Gasteiger partial charge in [-0.1, -0.05) is 42.5 Å². The Morgan fingerprint density at radius 1 is 1.00 bits per heavy atom. The van der Waals surface area contributed by atoms with Crippen LogP contribution in [0.5, 0.6) is 17.2 Å². The molecule has 0 saturated heterocycles. The topological polar surface area (TPSA) is 89.5 Å². The molecule has 1 aromatic heterocycles. The van der Waals surface area contributed by atoms with Gasteiger partial charge in [0.05, 0.1) is 5.39 Å². The molecule has 0 aliphatic heterocycles. The summed E-state index contributed by atoms with van der Waals surface area (Å²) in [6.45, 7) is 1.72. The first-order valence-electron chi connectivity index (χ1n) is 10.5. The summed E-state index contributed by atoms with van der Waals surface area (Å²) in [6.07, 6.45) is -3.74. The van der Waals surface area contributed by atoms with Gasteiger partial charge in [-0.3, -0.25) is 4.79 Å². The van der Waals surface area contributed by atoms with Crippen molar-refractivity contribution >= 4 is 23.0 Å². The van der Waals surface area contributed by atoms with Gasteiger partial charge in [0.1, 0.15) is 28.7 Å². The Balaban J connectivity index is 1.72. The van der Waals surface area contributed by atoms with Gasteiger partial charge in [-0.2, -0.15) is 18.4 Å². The predicted molar refractivity (Wildman–Crippen MR) is 124 cm³/mol. The van der Waals surface area contributed by atoms with E-state index in [4.69, 9.17) is 13.9 Å². The Hall–Kier alpha value is -4.84. The SMILES string of the molecule is Cc1cccc(Oc2c(C(F)(F)F)oc3cc(OC(=O)C(C#N)=Cc4ccccc4)ccc3c2=O)c1. The molecule has 1 heterocycles. The first-order chi connectivity index (χ1) is 17.2. The number of hydrogen-bond acceptors (Lipinski definition) is 6. The fourth-order valence-electron chi connectivity index (χ4n) is 3.31. The van der Waals surface area contributed by atoms with Crippen molar-refractivity contribution < 1.29 is 31.9 Å². The summed E-state index contributed by atoms with van der Waals surface area (Å²) in [5.41, 5.74) is -0.563. The molecule has 0 spiro atoms. The summed E-state index contributed by atoms with van der Waals surface area (Å²) in [6, 6.07) is 19.8. The van der Waals surface area contributed by atoms with Gasteiger partial charge in [-0.25, -0.2) is 4.79 Å². The molecule has 3 aromatic carbocycles. The third kappa shape index (κ3) is 5.28. The van der Waals surface area contributed by atoms with Gasteiger partial charge in [-0.15, -0.1) is 0 Å². The van der Waals surface area contributed by atoms with Crippen LogP contribution in [0.2, 0.25) is 0 Å². The Morgan fingerprint density at radius 3 is 2.42 bits per heavy atom. The average Bonchev–Trinajstić information content (AvgIpc) is 2.84. The molecule has 6 nitrogen and oxygen atoms in total. The summed E-state index contributed by atoms with van der Waals surface area (Å²) in [7, 11) is 0. The van der Waals surface area contributed by atoms with Gasteiger partial charge < -0.3 is 13.9 Å². The number of nitriles is 1. The highest BCUT2D eigenvalue weighted by molar-refractivity contribution is 5.99. The molecule has 0 saturated carbocycles. The summed E-state index contributed by atoms with van der Waals surface area (Å²) in [5.74, 6) is -3.86. The zero-order valence-corrected chi connectivity index (χ0v) is 18.6. The lowest BCUT2D eigenvalue weighted by Gasteiger charge is -2.14. The van der Waals surface area contributed by atoms with Crippen LogP contribution in [0.15, 0.2) is 87.6 Å². The maximum Gasteiger partial charge on any atom is 0.453 e. The number of nitrogens with zero attached hydrogens (tertiary/aromatic N) is 1. The minimum atomic E-state index is -5.05. The van der Waals surface area contributed by atoms with E-state index < -0.39 is 34.7 Å². The van der Waals surface area contributed by atoms with Crippen molar-refractivity contribution in [2.24, 2.45) is 0 Å². The van der Waals surface area contributed by atoms with E-state index in [1.807, 2.05) is 0 Å². The fourth-order valence-corrected chi connectivity index (χ4v) is 3.31. The number of aryl methyl sites for hydroxylation is 1. The number of benzene rings is 3. The van der Waals surface area contributed by atoms with Crippen molar-refractivity contribution in [3.05, 3.63) is 105 Å². The number of carbonyl (C=O) groups excluding carboxylic acids is 1. The van der Waals surface area contributed by atoms with Crippen LogP contribution in [0.4, 0.5) is 13.2 Å². The maximum atomic E-state index is 13.8. The second-order valence-electron chi connectivity index (χ2n) is 7.63. The van der Waals surface area contributed by atoms with Gasteiger partial charge in [-0.05, 0) is 48.4 Å². The second kappa shape index (κ2) is 9.80. The van der Waals surface area contributed by atoms with E-state index in [-0.39, 0.29) is 22.5 Å². The van der Waals surface area contributed by atoms with Crippen molar-refractivity contribution in [1.82, 2.24) is 0 Å². The zero-order valence-electron chi connectivity index (χ0n) is 18.6. The lowest BCUT2D eigenvalue weighted by atomic mass is 10.1.